The molecule has 0 saturated carbocycles. The maximum Gasteiger partial charge on any atom is 0.271 e. The zero-order valence-electron chi connectivity index (χ0n) is 7.02. The van der Waals surface area contributed by atoms with E-state index in [0.717, 1.165) is 0 Å². The van der Waals surface area contributed by atoms with E-state index in [0.29, 0.717) is 0 Å². The molecule has 0 aliphatic rings. The largest absolute Gasteiger partial charge is 0.380 e. The number of primary amides is 1. The molecule has 13 heavy (non-hydrogen) atoms. The highest BCUT2D eigenvalue weighted by Gasteiger charge is 2.10. The Hall–Kier alpha value is -1.76. The Morgan fingerprint density at radius 3 is 2.77 bits per heavy atom. The first-order chi connectivity index (χ1) is 6.15. The van der Waals surface area contributed by atoms with Gasteiger partial charge in [-0.05, 0) is 0 Å². The summed E-state index contributed by atoms with van der Waals surface area (Å²) in [5, 5.41) is 7.10. The lowest BCUT2D eigenvalue weighted by molar-refractivity contribution is 0.0994. The van der Waals surface area contributed by atoms with Crippen molar-refractivity contribution in [3.63, 3.8) is 0 Å². The fraction of sp³-hybridized carbons (Fsp3) is 0.333. The summed E-state index contributed by atoms with van der Waals surface area (Å²) in [4.78, 5) is 14.5. The van der Waals surface area contributed by atoms with Crippen molar-refractivity contribution in [3.8, 4) is 0 Å². The Morgan fingerprint density at radius 1 is 1.54 bits per heavy atom. The molecule has 0 atom stereocenters. The topological polar surface area (TPSA) is 117 Å². The van der Waals surface area contributed by atoms with E-state index in [-0.39, 0.29) is 23.9 Å². The summed E-state index contributed by atoms with van der Waals surface area (Å²) >= 11 is 0. The highest BCUT2D eigenvalue weighted by Crippen LogP contribution is 2.02. The molecule has 0 unspecified atom stereocenters. The molecule has 0 aromatic carbocycles. The summed E-state index contributed by atoms with van der Waals surface area (Å²) in [5.41, 5.74) is 10.2. The van der Waals surface area contributed by atoms with E-state index in [1.54, 1.807) is 0 Å². The Kier molecular flexibility index (Phi) is 2.70. The lowest BCUT2D eigenvalue weighted by Gasteiger charge is -2.00. The van der Waals surface area contributed by atoms with Crippen LogP contribution in [0.2, 0.25) is 0 Å². The van der Waals surface area contributed by atoms with Gasteiger partial charge in [-0.2, -0.15) is 0 Å². The molecule has 70 valence electrons. The molecule has 0 spiro atoms. The quantitative estimate of drug-likeness (QED) is 0.601. The van der Waals surface area contributed by atoms with Gasteiger partial charge >= 0.3 is 0 Å². The second kappa shape index (κ2) is 3.76. The van der Waals surface area contributed by atoms with Crippen LogP contribution in [-0.4, -0.2) is 28.2 Å². The number of nitrogens with zero attached hydrogens (tertiary/aromatic N) is 3. The van der Waals surface area contributed by atoms with Crippen molar-refractivity contribution >= 4 is 11.7 Å². The van der Waals surface area contributed by atoms with Crippen molar-refractivity contribution in [1.29, 1.82) is 0 Å². The second-order valence-electron chi connectivity index (χ2n) is 2.26. The fourth-order valence-corrected chi connectivity index (χ4v) is 0.739. The van der Waals surface area contributed by atoms with Crippen LogP contribution >= 0.6 is 0 Å². The van der Waals surface area contributed by atoms with Crippen LogP contribution in [0.15, 0.2) is 0 Å². The Bertz CT molecular complexity index is 327. The molecule has 0 fully saturated rings. The number of rotatable bonds is 3. The predicted molar refractivity (Wildman–Crippen MR) is 43.5 cm³/mol. The normalized spacial score (nSPS) is 9.92. The first kappa shape index (κ1) is 9.33. The number of nitrogens with two attached hydrogens (primary N) is 2. The van der Waals surface area contributed by atoms with E-state index >= 15 is 0 Å². The molecule has 0 bridgehead atoms. The van der Waals surface area contributed by atoms with E-state index < -0.39 is 5.91 Å². The van der Waals surface area contributed by atoms with Crippen LogP contribution in [0, 0.1) is 0 Å². The van der Waals surface area contributed by atoms with Gasteiger partial charge in [0.15, 0.2) is 17.3 Å². The summed E-state index contributed by atoms with van der Waals surface area (Å²) in [6, 6.07) is 0. The third kappa shape index (κ3) is 2.09. The molecule has 0 saturated heterocycles. The molecule has 1 heterocycles. The van der Waals surface area contributed by atoms with E-state index in [1.165, 1.54) is 7.11 Å². The summed E-state index contributed by atoms with van der Waals surface area (Å²) in [7, 11) is 1.48. The first-order valence-electron chi connectivity index (χ1n) is 3.43. The standard InChI is InChI=1S/C6H9N5O2/c1-13-2-3-9-4(6(8)12)5(7)11-10-3/h2H2,1H3,(H2,7,11)(H2,8,12). The minimum Gasteiger partial charge on any atom is -0.380 e. The van der Waals surface area contributed by atoms with Crippen LogP contribution in [0.5, 0.6) is 0 Å². The number of hydrogen-bond donors (Lipinski definition) is 2. The summed E-state index contributed by atoms with van der Waals surface area (Å²) in [5.74, 6) is -0.539. The number of carbonyl (C=O) groups excluding carboxylic acids is 1. The summed E-state index contributed by atoms with van der Waals surface area (Å²) in [6.07, 6.45) is 0. The Morgan fingerprint density at radius 2 is 2.23 bits per heavy atom. The third-order valence-corrected chi connectivity index (χ3v) is 1.26. The van der Waals surface area contributed by atoms with Gasteiger partial charge in [-0.1, -0.05) is 0 Å². The van der Waals surface area contributed by atoms with Crippen molar-refractivity contribution in [2.75, 3.05) is 12.8 Å². The van der Waals surface area contributed by atoms with E-state index in [1.807, 2.05) is 0 Å². The molecule has 7 nitrogen and oxygen atoms in total. The molecule has 7 heteroatoms. The SMILES string of the molecule is COCc1nnc(N)c(C(N)=O)n1. The number of hydrogen-bond acceptors (Lipinski definition) is 6. The van der Waals surface area contributed by atoms with Gasteiger partial charge in [0.25, 0.3) is 5.91 Å². The van der Waals surface area contributed by atoms with Crippen molar-refractivity contribution in [1.82, 2.24) is 15.2 Å². The average Bonchev–Trinajstić information content (AvgIpc) is 2.08. The van der Waals surface area contributed by atoms with Crippen molar-refractivity contribution in [2.24, 2.45) is 5.73 Å². The van der Waals surface area contributed by atoms with Gasteiger partial charge in [-0.3, -0.25) is 4.79 Å². The Labute approximate surface area is 74.1 Å². The summed E-state index contributed by atoms with van der Waals surface area (Å²) in [6.45, 7) is 0.160. The van der Waals surface area contributed by atoms with Crippen molar-refractivity contribution in [3.05, 3.63) is 11.5 Å². The number of methoxy groups -OCH3 is 1. The lowest BCUT2D eigenvalue weighted by Crippen LogP contribution is -2.19. The van der Waals surface area contributed by atoms with Crippen molar-refractivity contribution < 1.29 is 9.53 Å². The van der Waals surface area contributed by atoms with E-state index in [9.17, 15) is 4.79 Å². The predicted octanol–water partition coefficient (Wildman–Crippen LogP) is -1.30. The highest BCUT2D eigenvalue weighted by molar-refractivity contribution is 5.94. The van der Waals surface area contributed by atoms with Crippen molar-refractivity contribution in [2.45, 2.75) is 6.61 Å². The van der Waals surface area contributed by atoms with Gasteiger partial charge in [0.2, 0.25) is 0 Å². The molecule has 0 radical (unpaired) electrons. The van der Waals surface area contributed by atoms with Gasteiger partial charge in [0.1, 0.15) is 6.61 Å². The summed E-state index contributed by atoms with van der Waals surface area (Å²) < 4.78 is 4.74. The second-order valence-corrected chi connectivity index (χ2v) is 2.26. The molecule has 4 N–H and O–H groups in total. The number of nitrogen functional groups attached to an aromatic ring is 1. The monoisotopic (exact) mass is 183 g/mol. The smallest absolute Gasteiger partial charge is 0.271 e. The van der Waals surface area contributed by atoms with Gasteiger partial charge in [-0.15, -0.1) is 10.2 Å². The van der Waals surface area contributed by atoms with Crippen LogP contribution in [-0.2, 0) is 11.3 Å². The molecule has 0 aliphatic carbocycles. The minimum atomic E-state index is -0.732. The first-order valence-corrected chi connectivity index (χ1v) is 3.43. The average molecular weight is 183 g/mol. The zero-order chi connectivity index (χ0) is 9.84. The fourth-order valence-electron chi connectivity index (χ4n) is 0.739. The zero-order valence-corrected chi connectivity index (χ0v) is 7.02. The maximum atomic E-state index is 10.7. The molecule has 1 amide bonds. The van der Waals surface area contributed by atoms with Crippen LogP contribution in [0.3, 0.4) is 0 Å². The highest BCUT2D eigenvalue weighted by atomic mass is 16.5. The molecular formula is C6H9N5O2. The number of aromatic nitrogens is 3. The molecular weight excluding hydrogens is 174 g/mol. The van der Waals surface area contributed by atoms with Crippen LogP contribution in [0.25, 0.3) is 0 Å². The maximum absolute atomic E-state index is 10.7. The van der Waals surface area contributed by atoms with Crippen LogP contribution in [0.4, 0.5) is 5.82 Å². The van der Waals surface area contributed by atoms with E-state index in [4.69, 9.17) is 16.2 Å². The third-order valence-electron chi connectivity index (χ3n) is 1.26. The number of amides is 1. The molecule has 1 rings (SSSR count). The van der Waals surface area contributed by atoms with Gasteiger partial charge in [0.05, 0.1) is 0 Å². The van der Waals surface area contributed by atoms with Crippen LogP contribution < -0.4 is 11.5 Å². The van der Waals surface area contributed by atoms with E-state index in [2.05, 4.69) is 15.2 Å². The van der Waals surface area contributed by atoms with Crippen LogP contribution in [0.1, 0.15) is 16.3 Å². The Balaban J connectivity index is 3.04. The van der Waals surface area contributed by atoms with Gasteiger partial charge in [0, 0.05) is 7.11 Å². The minimum absolute atomic E-state index is 0.0765. The molecule has 1 aromatic heterocycles. The lowest BCUT2D eigenvalue weighted by atomic mass is 10.4. The number of carbonyl (C=O) groups is 1. The number of ether oxygens (including phenoxy) is 1. The van der Waals surface area contributed by atoms with Gasteiger partial charge < -0.3 is 16.2 Å². The molecule has 1 aromatic rings. The van der Waals surface area contributed by atoms with Gasteiger partial charge in [-0.25, -0.2) is 4.98 Å². The number of anilines is 1. The molecule has 0 aliphatic heterocycles.